The summed E-state index contributed by atoms with van der Waals surface area (Å²) in [5, 5.41) is 0. The lowest BCUT2D eigenvalue weighted by Gasteiger charge is -2.36. The van der Waals surface area contributed by atoms with E-state index in [0.717, 1.165) is 50.4 Å². The Morgan fingerprint density at radius 2 is 2.19 bits per heavy atom. The summed E-state index contributed by atoms with van der Waals surface area (Å²) in [6, 6.07) is 4.60. The minimum Gasteiger partial charge on any atom is -0.494 e. The summed E-state index contributed by atoms with van der Waals surface area (Å²) >= 11 is 0. The molecule has 3 fully saturated rings. The summed E-state index contributed by atoms with van der Waals surface area (Å²) < 4.78 is 19.0. The van der Waals surface area contributed by atoms with Gasteiger partial charge in [-0.3, -0.25) is 9.69 Å². The molecule has 0 radical (unpaired) electrons. The second-order valence-corrected chi connectivity index (χ2v) is 7.57. The molecule has 2 bridgehead atoms. The van der Waals surface area contributed by atoms with Gasteiger partial charge < -0.3 is 14.6 Å². The van der Waals surface area contributed by atoms with E-state index in [9.17, 15) is 9.18 Å². The fourth-order valence-electron chi connectivity index (χ4n) is 4.28. The first-order chi connectivity index (χ1) is 13.0. The Hall–Kier alpha value is -2.41. The molecule has 0 spiro atoms. The van der Waals surface area contributed by atoms with E-state index in [2.05, 4.69) is 14.9 Å². The zero-order valence-corrected chi connectivity index (χ0v) is 15.7. The maximum atomic E-state index is 14.0. The molecule has 4 heterocycles. The number of imidazole rings is 1. The first kappa shape index (κ1) is 18.0. The van der Waals surface area contributed by atoms with Gasteiger partial charge in [0.25, 0.3) is 5.91 Å². The molecule has 5 rings (SSSR count). The van der Waals surface area contributed by atoms with E-state index < -0.39 is 5.82 Å². The largest absolute Gasteiger partial charge is 0.494 e. The van der Waals surface area contributed by atoms with Crippen LogP contribution in [0.1, 0.15) is 34.6 Å². The van der Waals surface area contributed by atoms with Crippen LogP contribution in [0.2, 0.25) is 0 Å². The molecule has 0 unspecified atom stereocenters. The van der Waals surface area contributed by atoms with E-state index in [4.69, 9.17) is 4.74 Å². The molecule has 1 amide bonds. The molecule has 3 aliphatic rings. The maximum Gasteiger partial charge on any atom is 0.254 e. The van der Waals surface area contributed by atoms with Crippen molar-refractivity contribution in [2.24, 2.45) is 5.92 Å². The van der Waals surface area contributed by atoms with Crippen molar-refractivity contribution in [1.29, 1.82) is 0 Å². The van der Waals surface area contributed by atoms with Crippen molar-refractivity contribution in [3.05, 3.63) is 47.3 Å². The third-order valence-electron chi connectivity index (χ3n) is 5.76. The average molecular weight is 372 g/mol. The lowest BCUT2D eigenvalue weighted by molar-refractivity contribution is 0.0584. The molecule has 2 atom stereocenters. The van der Waals surface area contributed by atoms with Gasteiger partial charge in [0.15, 0.2) is 11.6 Å². The van der Waals surface area contributed by atoms with Gasteiger partial charge in [-0.1, -0.05) is 0 Å². The van der Waals surface area contributed by atoms with Crippen molar-refractivity contribution in [2.75, 3.05) is 26.7 Å². The number of nitrogens with zero attached hydrogens (tertiary/aromatic N) is 3. The summed E-state index contributed by atoms with van der Waals surface area (Å²) in [5.74, 6) is 0.00236. The number of amides is 1. The van der Waals surface area contributed by atoms with Crippen molar-refractivity contribution in [3.8, 4) is 5.75 Å². The number of piperidine rings is 1. The molecule has 27 heavy (non-hydrogen) atoms. The van der Waals surface area contributed by atoms with Crippen LogP contribution in [-0.2, 0) is 6.54 Å². The smallest absolute Gasteiger partial charge is 0.254 e. The minimum absolute atomic E-state index is 0.0935. The highest BCUT2D eigenvalue weighted by Crippen LogP contribution is 2.30. The highest BCUT2D eigenvalue weighted by Gasteiger charge is 2.37. The fraction of sp³-hybridized carbons (Fsp3) is 0.500. The van der Waals surface area contributed by atoms with Crippen molar-refractivity contribution in [1.82, 2.24) is 19.8 Å². The Morgan fingerprint density at radius 1 is 1.33 bits per heavy atom. The van der Waals surface area contributed by atoms with Crippen molar-refractivity contribution in [3.63, 3.8) is 0 Å². The van der Waals surface area contributed by atoms with Crippen LogP contribution in [0.15, 0.2) is 24.5 Å². The maximum absolute atomic E-state index is 14.0. The number of carbonyl (C=O) groups excluding carboxylic acids is 1. The fourth-order valence-corrected chi connectivity index (χ4v) is 4.28. The zero-order valence-electron chi connectivity index (χ0n) is 15.7. The Labute approximate surface area is 158 Å². The second kappa shape index (κ2) is 7.31. The monoisotopic (exact) mass is 372 g/mol. The van der Waals surface area contributed by atoms with Gasteiger partial charge in [0.1, 0.15) is 0 Å². The van der Waals surface area contributed by atoms with Gasteiger partial charge >= 0.3 is 0 Å². The number of hydrogen-bond donors (Lipinski definition) is 1. The molecular weight excluding hydrogens is 347 g/mol. The summed E-state index contributed by atoms with van der Waals surface area (Å²) in [5.41, 5.74) is 2.54. The molecule has 6 nitrogen and oxygen atoms in total. The number of benzene rings is 1. The van der Waals surface area contributed by atoms with Gasteiger partial charge in [0.05, 0.1) is 19.1 Å². The number of methoxy groups -OCH3 is 1. The van der Waals surface area contributed by atoms with E-state index in [1.165, 1.54) is 19.2 Å². The third kappa shape index (κ3) is 3.56. The van der Waals surface area contributed by atoms with Gasteiger partial charge in [-0.05, 0) is 43.9 Å². The minimum atomic E-state index is -0.501. The van der Waals surface area contributed by atoms with E-state index in [1.807, 2.05) is 11.8 Å². The van der Waals surface area contributed by atoms with Crippen LogP contribution in [0.25, 0.3) is 0 Å². The van der Waals surface area contributed by atoms with Crippen LogP contribution in [-0.4, -0.2) is 58.5 Å². The van der Waals surface area contributed by atoms with Crippen molar-refractivity contribution in [2.45, 2.75) is 32.4 Å². The highest BCUT2D eigenvalue weighted by molar-refractivity contribution is 5.94. The number of aromatic nitrogens is 2. The molecule has 3 saturated heterocycles. The van der Waals surface area contributed by atoms with Crippen molar-refractivity contribution < 1.29 is 13.9 Å². The highest BCUT2D eigenvalue weighted by atomic mass is 19.1. The summed E-state index contributed by atoms with van der Waals surface area (Å²) in [6.45, 7) is 5.34. The van der Waals surface area contributed by atoms with Gasteiger partial charge in [-0.25, -0.2) is 9.37 Å². The molecule has 1 N–H and O–H groups in total. The number of carbonyl (C=O) groups is 1. The van der Waals surface area contributed by atoms with Gasteiger partial charge in [0, 0.05) is 43.5 Å². The number of ether oxygens (including phenoxy) is 1. The molecule has 3 aliphatic heterocycles. The molecule has 7 heteroatoms. The van der Waals surface area contributed by atoms with Gasteiger partial charge in [-0.2, -0.15) is 0 Å². The van der Waals surface area contributed by atoms with Crippen LogP contribution in [0.3, 0.4) is 0 Å². The molecule has 1 aromatic carbocycles. The standard InChI is InChI=1S/C20H25FN4O2/c1-13-18(23-12-22-13)11-24-8-14-3-5-16(10-24)25(9-14)20(26)15-4-6-19(27-2)17(21)7-15/h4,6-7,12,14,16H,3,5,8-11H2,1-2H3,(H,22,23)/t14-,16+/m0/s1. The lowest BCUT2D eigenvalue weighted by Crippen LogP contribution is -2.47. The first-order valence-electron chi connectivity index (χ1n) is 9.41. The van der Waals surface area contributed by atoms with E-state index in [0.29, 0.717) is 11.5 Å². The van der Waals surface area contributed by atoms with E-state index >= 15 is 0 Å². The number of H-pyrrole nitrogens is 1. The Kier molecular flexibility index (Phi) is 4.86. The van der Waals surface area contributed by atoms with Crippen molar-refractivity contribution >= 4 is 5.91 Å². The van der Waals surface area contributed by atoms with Gasteiger partial charge in [0.2, 0.25) is 0 Å². The predicted molar refractivity (Wildman–Crippen MR) is 99.1 cm³/mol. The lowest BCUT2D eigenvalue weighted by atomic mass is 9.94. The van der Waals surface area contributed by atoms with Crippen LogP contribution in [0.4, 0.5) is 4.39 Å². The molecular formula is C20H25FN4O2. The Balaban J connectivity index is 1.51. The average Bonchev–Trinajstić information content (AvgIpc) is 2.88. The number of halogens is 1. The van der Waals surface area contributed by atoms with Gasteiger partial charge in [-0.15, -0.1) is 0 Å². The molecule has 0 aliphatic carbocycles. The molecule has 144 valence electrons. The Bertz CT molecular complexity index is 837. The number of rotatable bonds is 4. The van der Waals surface area contributed by atoms with Crippen LogP contribution in [0, 0.1) is 18.7 Å². The summed E-state index contributed by atoms with van der Waals surface area (Å²) in [6.07, 6.45) is 3.84. The zero-order chi connectivity index (χ0) is 19.0. The Morgan fingerprint density at radius 3 is 2.89 bits per heavy atom. The number of nitrogens with one attached hydrogen (secondary N) is 1. The quantitative estimate of drug-likeness (QED) is 0.896. The number of fused-ring (bicyclic) bond motifs is 4. The number of aromatic amines is 1. The SMILES string of the molecule is COc1ccc(C(=O)N2C[C@H]3CC[C@@H]2CN(Cc2nc[nH]c2C)C3)cc1F. The van der Waals surface area contributed by atoms with E-state index in [1.54, 1.807) is 12.4 Å². The first-order valence-corrected chi connectivity index (χ1v) is 9.41. The normalized spacial score (nSPS) is 22.7. The molecule has 2 aromatic rings. The second-order valence-electron chi connectivity index (χ2n) is 7.57. The summed E-state index contributed by atoms with van der Waals surface area (Å²) in [4.78, 5) is 24.9. The number of aryl methyl sites for hydroxylation is 1. The predicted octanol–water partition coefficient (Wildman–Crippen LogP) is 2.60. The molecule has 1 aromatic heterocycles. The van der Waals surface area contributed by atoms with Crippen LogP contribution >= 0.6 is 0 Å². The summed E-state index contributed by atoms with van der Waals surface area (Å²) in [7, 11) is 1.42. The topological polar surface area (TPSA) is 61.5 Å². The van der Waals surface area contributed by atoms with E-state index in [-0.39, 0.29) is 17.7 Å². The van der Waals surface area contributed by atoms with Crippen LogP contribution < -0.4 is 4.74 Å². The number of hydrogen-bond acceptors (Lipinski definition) is 4. The third-order valence-corrected chi connectivity index (χ3v) is 5.76. The molecule has 0 saturated carbocycles. The van der Waals surface area contributed by atoms with Crippen LogP contribution in [0.5, 0.6) is 5.75 Å².